The van der Waals surface area contributed by atoms with Crippen LogP contribution in [0.15, 0.2) is 36.4 Å². The molecule has 62 heavy (non-hydrogen) atoms. The van der Waals surface area contributed by atoms with E-state index in [2.05, 4.69) is 19.9 Å². The Balaban J connectivity index is 1.30. The molecule has 12 heteroatoms. The molecule has 0 amide bonds. The van der Waals surface area contributed by atoms with E-state index in [1.54, 1.807) is 30.4 Å². The van der Waals surface area contributed by atoms with Gasteiger partial charge < -0.3 is 9.47 Å². The number of halogens is 4. The Morgan fingerprint density at radius 2 is 0.855 bits per heavy atom. The van der Waals surface area contributed by atoms with Crippen molar-refractivity contribution in [3.63, 3.8) is 0 Å². The largest absolute Gasteiger partial charge is 0.492 e. The third kappa shape index (κ3) is 13.8. The summed E-state index contributed by atoms with van der Waals surface area (Å²) in [6.45, 7) is 9.36. The van der Waals surface area contributed by atoms with Crippen LogP contribution in [0.2, 0.25) is 0 Å². The van der Waals surface area contributed by atoms with Gasteiger partial charge in [-0.2, -0.15) is 0 Å². The monoisotopic (exact) mass is 930 g/mol. The van der Waals surface area contributed by atoms with Crippen LogP contribution in [0.3, 0.4) is 0 Å². The van der Waals surface area contributed by atoms with Crippen molar-refractivity contribution in [1.29, 1.82) is 0 Å². The summed E-state index contributed by atoms with van der Waals surface area (Å²) in [6, 6.07) is 9.92. The van der Waals surface area contributed by atoms with Gasteiger partial charge in [-0.1, -0.05) is 129 Å². The Hall–Kier alpha value is -3.32. The highest BCUT2D eigenvalue weighted by molar-refractivity contribution is 7.27. The summed E-state index contributed by atoms with van der Waals surface area (Å²) in [4.78, 5) is 31.3. The summed E-state index contributed by atoms with van der Waals surface area (Å²) in [5, 5.41) is 0. The third-order valence-electron chi connectivity index (χ3n) is 11.0. The van der Waals surface area contributed by atoms with Crippen molar-refractivity contribution in [3.05, 3.63) is 90.3 Å². The SMILES string of the molecule is CCCCCCCCCCCCOc1cc(C)sc1-c1sc(-c2ccc(C(=O)c3c(F)c(F)c(C(=O)c4ccc(C)s4)c(F)c3F)s2)cc1OCCCCCCCCCCCC. The molecule has 4 aromatic heterocycles. The number of rotatable bonds is 30. The Bertz CT molecular complexity index is 2150. The highest BCUT2D eigenvalue weighted by Crippen LogP contribution is 2.50. The molecule has 0 radical (unpaired) electrons. The molecule has 0 saturated heterocycles. The van der Waals surface area contributed by atoms with Crippen LogP contribution in [0.1, 0.15) is 182 Å². The van der Waals surface area contributed by atoms with E-state index in [0.717, 1.165) is 80.0 Å². The Kier molecular flexibility index (Phi) is 20.7. The molecule has 4 nitrogen and oxygen atoms in total. The van der Waals surface area contributed by atoms with Crippen LogP contribution in [0, 0.1) is 37.1 Å². The van der Waals surface area contributed by atoms with Gasteiger partial charge in [0, 0.05) is 25.6 Å². The first-order chi connectivity index (χ1) is 30.0. The summed E-state index contributed by atoms with van der Waals surface area (Å²) in [5.41, 5.74) is -2.74. The maximum atomic E-state index is 15.5. The zero-order chi connectivity index (χ0) is 44.4. The van der Waals surface area contributed by atoms with E-state index < -0.39 is 46.0 Å². The molecule has 0 spiro atoms. The fourth-order valence-corrected chi connectivity index (χ4v) is 11.5. The molecule has 0 saturated carbocycles. The van der Waals surface area contributed by atoms with Gasteiger partial charge in [0.2, 0.25) is 11.6 Å². The van der Waals surface area contributed by atoms with Gasteiger partial charge in [-0.25, -0.2) is 17.6 Å². The van der Waals surface area contributed by atoms with E-state index >= 15 is 17.6 Å². The van der Waals surface area contributed by atoms with Crippen molar-refractivity contribution in [2.24, 2.45) is 0 Å². The number of carbonyl (C=O) groups excluding carboxylic acids is 2. The second-order valence-electron chi connectivity index (χ2n) is 16.2. The van der Waals surface area contributed by atoms with E-state index in [4.69, 9.17) is 9.47 Å². The Labute approximate surface area is 382 Å². The number of hydrogen-bond acceptors (Lipinski definition) is 8. The number of hydrogen-bond donors (Lipinski definition) is 0. The number of ketones is 2. The first-order valence-corrected chi connectivity index (χ1v) is 25.9. The molecule has 0 aliphatic heterocycles. The van der Waals surface area contributed by atoms with Gasteiger partial charge in [0.1, 0.15) is 22.6 Å². The minimum atomic E-state index is -1.90. The van der Waals surface area contributed by atoms with Crippen molar-refractivity contribution in [1.82, 2.24) is 0 Å². The summed E-state index contributed by atoms with van der Waals surface area (Å²) in [6.07, 6.45) is 24.5. The molecule has 0 fully saturated rings. The first-order valence-electron chi connectivity index (χ1n) is 22.7. The van der Waals surface area contributed by atoms with E-state index in [0.29, 0.717) is 28.7 Å². The lowest BCUT2D eigenvalue weighted by Crippen LogP contribution is -2.16. The molecule has 0 atom stereocenters. The predicted molar refractivity (Wildman–Crippen MR) is 253 cm³/mol. The van der Waals surface area contributed by atoms with Gasteiger partial charge in [-0.3, -0.25) is 9.59 Å². The highest BCUT2D eigenvalue weighted by Gasteiger charge is 2.34. The van der Waals surface area contributed by atoms with Gasteiger partial charge in [-0.15, -0.1) is 45.3 Å². The number of unbranched alkanes of at least 4 members (excludes halogenated alkanes) is 18. The van der Waals surface area contributed by atoms with E-state index in [1.807, 2.05) is 13.0 Å². The predicted octanol–water partition coefficient (Wildman–Crippen LogP) is 17.5. The molecule has 338 valence electrons. The molecule has 1 aromatic carbocycles. The quantitative estimate of drug-likeness (QED) is 0.0199. The van der Waals surface area contributed by atoms with Crippen LogP contribution in [0.4, 0.5) is 17.6 Å². The highest BCUT2D eigenvalue weighted by atomic mass is 32.1. The zero-order valence-corrected chi connectivity index (χ0v) is 40.1. The minimum Gasteiger partial charge on any atom is -0.492 e. The Morgan fingerprint density at radius 1 is 0.452 bits per heavy atom. The maximum absolute atomic E-state index is 15.5. The minimum absolute atomic E-state index is 0.0753. The van der Waals surface area contributed by atoms with Crippen LogP contribution in [-0.4, -0.2) is 24.8 Å². The van der Waals surface area contributed by atoms with Crippen molar-refractivity contribution in [2.75, 3.05) is 13.2 Å². The molecular formula is C50H62F4O4S4. The first kappa shape index (κ1) is 49.7. The molecule has 0 bridgehead atoms. The lowest BCUT2D eigenvalue weighted by molar-refractivity contribution is 0.101. The standard InChI is InChI=1S/C50H62F4O4S4/c1-5-7-9-11-13-15-17-19-21-23-29-57-35-31-34(4)60-49(35)50-36(58-30-24-22-20-18-16-14-12-10-8-6-2)32-40(62-50)37-27-28-39(61-37)48(56)42-45(53)43(51)41(44(52)46(42)54)47(55)38-26-25-33(3)59-38/h25-28,31-32H,5-24,29-30H2,1-4H3. The lowest BCUT2D eigenvalue weighted by Gasteiger charge is -2.10. The van der Waals surface area contributed by atoms with Crippen molar-refractivity contribution in [3.8, 4) is 31.0 Å². The van der Waals surface area contributed by atoms with Crippen LogP contribution in [0.25, 0.3) is 19.5 Å². The smallest absolute Gasteiger partial charge is 0.209 e. The molecule has 4 heterocycles. The van der Waals surface area contributed by atoms with Crippen molar-refractivity contribution < 1.29 is 36.6 Å². The molecule has 5 aromatic rings. The second kappa shape index (κ2) is 25.8. The summed E-state index contributed by atoms with van der Waals surface area (Å²) in [7, 11) is 0. The lowest BCUT2D eigenvalue weighted by atomic mass is 10.0. The Morgan fingerprint density at radius 3 is 1.31 bits per heavy atom. The third-order valence-corrected chi connectivity index (χ3v) is 15.6. The number of aryl methyl sites for hydroxylation is 2. The number of carbonyl (C=O) groups is 2. The molecule has 0 aliphatic carbocycles. The van der Waals surface area contributed by atoms with E-state index in [1.165, 1.54) is 120 Å². The fraction of sp³-hybridized carbons (Fsp3) is 0.520. The van der Waals surface area contributed by atoms with Gasteiger partial charge in [0.25, 0.3) is 0 Å². The molecular weight excluding hydrogens is 869 g/mol. The maximum Gasteiger partial charge on any atom is 0.209 e. The van der Waals surface area contributed by atoms with Gasteiger partial charge in [0.15, 0.2) is 23.3 Å². The number of benzene rings is 1. The average Bonchev–Trinajstić information content (AvgIpc) is 4.08. The van der Waals surface area contributed by atoms with Gasteiger partial charge in [0.05, 0.1) is 32.7 Å². The van der Waals surface area contributed by atoms with Gasteiger partial charge in [-0.05, 0) is 57.0 Å². The van der Waals surface area contributed by atoms with Crippen molar-refractivity contribution in [2.45, 2.75) is 156 Å². The average molecular weight is 931 g/mol. The van der Waals surface area contributed by atoms with Crippen LogP contribution in [0.5, 0.6) is 11.5 Å². The zero-order valence-electron chi connectivity index (χ0n) is 36.8. The number of thiophene rings is 4. The summed E-state index contributed by atoms with van der Waals surface area (Å²) >= 11 is 5.01. The molecule has 0 N–H and O–H groups in total. The topological polar surface area (TPSA) is 52.6 Å². The van der Waals surface area contributed by atoms with Crippen LogP contribution < -0.4 is 9.47 Å². The summed E-state index contributed by atoms with van der Waals surface area (Å²) in [5.74, 6) is -8.52. The number of ether oxygens (including phenoxy) is 2. The molecule has 0 aliphatic rings. The van der Waals surface area contributed by atoms with Crippen LogP contribution >= 0.6 is 45.3 Å². The van der Waals surface area contributed by atoms with Crippen LogP contribution in [-0.2, 0) is 0 Å². The fourth-order valence-electron chi connectivity index (χ4n) is 7.49. The second-order valence-corrected chi connectivity index (χ2v) is 20.8. The normalized spacial score (nSPS) is 11.5. The van der Waals surface area contributed by atoms with E-state index in [-0.39, 0.29) is 9.75 Å². The molecule has 5 rings (SSSR count). The summed E-state index contributed by atoms with van der Waals surface area (Å²) < 4.78 is 74.5. The van der Waals surface area contributed by atoms with Gasteiger partial charge >= 0.3 is 0 Å². The molecule has 0 unspecified atom stereocenters. The van der Waals surface area contributed by atoms with Crippen molar-refractivity contribution >= 4 is 56.9 Å². The van der Waals surface area contributed by atoms with E-state index in [9.17, 15) is 9.59 Å².